The average molecular weight is 339 g/mol. The molecule has 0 radical (unpaired) electrons. The van der Waals surface area contributed by atoms with E-state index in [9.17, 15) is 4.57 Å². The maximum Gasteiger partial charge on any atom is 0.351 e. The van der Waals surface area contributed by atoms with Gasteiger partial charge in [-0.15, -0.1) is 0 Å². The number of ether oxygens (including phenoxy) is 1. The summed E-state index contributed by atoms with van der Waals surface area (Å²) in [6, 6.07) is 7.48. The Hall–Kier alpha value is -1.13. The van der Waals surface area contributed by atoms with Gasteiger partial charge >= 0.3 is 7.60 Å². The Balaban J connectivity index is 2.16. The third-order valence-corrected chi connectivity index (χ3v) is 6.37. The van der Waals surface area contributed by atoms with Gasteiger partial charge in [0.05, 0.1) is 7.11 Å². The van der Waals surface area contributed by atoms with Gasteiger partial charge in [0, 0.05) is 14.2 Å². The zero-order valence-electron chi connectivity index (χ0n) is 14.0. The van der Waals surface area contributed by atoms with Crippen molar-refractivity contribution in [3.05, 3.63) is 42.0 Å². The third kappa shape index (κ3) is 4.67. The van der Waals surface area contributed by atoms with E-state index in [1.807, 2.05) is 24.3 Å². The SMILES string of the molecule is COc1ccc(C(NCC2CC=CCC2)P(=O)(OC)OC)cc1. The fraction of sp³-hybridized carbons (Fsp3) is 0.529. The number of allylic oxidation sites excluding steroid dienone is 2. The molecule has 1 N–H and O–H groups in total. The van der Waals surface area contributed by atoms with Crippen LogP contribution in [0.15, 0.2) is 36.4 Å². The molecule has 1 aromatic rings. The largest absolute Gasteiger partial charge is 0.497 e. The van der Waals surface area contributed by atoms with Gasteiger partial charge < -0.3 is 13.8 Å². The van der Waals surface area contributed by atoms with Crippen LogP contribution < -0.4 is 10.1 Å². The zero-order chi connectivity index (χ0) is 16.7. The van der Waals surface area contributed by atoms with Gasteiger partial charge in [-0.3, -0.25) is 9.88 Å². The van der Waals surface area contributed by atoms with Crippen LogP contribution >= 0.6 is 7.60 Å². The van der Waals surface area contributed by atoms with Crippen LogP contribution in [0.2, 0.25) is 0 Å². The van der Waals surface area contributed by atoms with Crippen molar-refractivity contribution < 1.29 is 18.3 Å². The first-order valence-corrected chi connectivity index (χ1v) is 9.47. The molecule has 0 amide bonds. The minimum absolute atomic E-state index is 0.491. The molecule has 2 unspecified atom stereocenters. The maximum atomic E-state index is 12.9. The lowest BCUT2D eigenvalue weighted by atomic mass is 9.94. The van der Waals surface area contributed by atoms with E-state index in [1.165, 1.54) is 14.2 Å². The lowest BCUT2D eigenvalue weighted by molar-refractivity contribution is 0.257. The first-order valence-electron chi connectivity index (χ1n) is 7.86. The summed E-state index contributed by atoms with van der Waals surface area (Å²) in [5.74, 6) is 0.812. The minimum Gasteiger partial charge on any atom is -0.497 e. The number of rotatable bonds is 8. The monoisotopic (exact) mass is 339 g/mol. The number of hydrogen-bond donors (Lipinski definition) is 1. The summed E-state index contributed by atoms with van der Waals surface area (Å²) >= 11 is 0. The summed E-state index contributed by atoms with van der Waals surface area (Å²) in [7, 11) is 1.19. The number of nitrogens with one attached hydrogen (secondary N) is 1. The summed E-state index contributed by atoms with van der Waals surface area (Å²) in [6.45, 7) is 0.776. The second kappa shape index (κ2) is 8.65. The Labute approximate surface area is 138 Å². The molecule has 0 spiro atoms. The highest BCUT2D eigenvalue weighted by Gasteiger charge is 2.35. The van der Waals surface area contributed by atoms with Crippen LogP contribution in [0.25, 0.3) is 0 Å². The molecule has 0 saturated heterocycles. The summed E-state index contributed by atoms with van der Waals surface area (Å²) in [6.07, 6.45) is 7.72. The van der Waals surface area contributed by atoms with E-state index in [0.29, 0.717) is 5.92 Å². The molecule has 0 fully saturated rings. The zero-order valence-corrected chi connectivity index (χ0v) is 14.9. The van der Waals surface area contributed by atoms with E-state index < -0.39 is 13.4 Å². The summed E-state index contributed by atoms with van der Waals surface area (Å²) in [4.78, 5) is 0. The van der Waals surface area contributed by atoms with Crippen LogP contribution in [-0.4, -0.2) is 27.9 Å². The number of methoxy groups -OCH3 is 1. The fourth-order valence-electron chi connectivity index (χ4n) is 2.80. The van der Waals surface area contributed by atoms with Gasteiger partial charge in [0.2, 0.25) is 0 Å². The second-order valence-corrected chi connectivity index (χ2v) is 7.97. The molecule has 5 nitrogen and oxygen atoms in total. The van der Waals surface area contributed by atoms with Crippen molar-refractivity contribution >= 4 is 7.60 Å². The predicted molar refractivity (Wildman–Crippen MR) is 91.8 cm³/mol. The fourth-order valence-corrected chi connectivity index (χ4v) is 4.24. The lowest BCUT2D eigenvalue weighted by Crippen LogP contribution is -2.28. The maximum absolute atomic E-state index is 12.9. The van der Waals surface area contributed by atoms with Crippen LogP contribution in [0.5, 0.6) is 5.75 Å². The number of benzene rings is 1. The normalized spacial score (nSPS) is 19.5. The van der Waals surface area contributed by atoms with Crippen LogP contribution in [0.3, 0.4) is 0 Å². The Morgan fingerprint density at radius 1 is 1.17 bits per heavy atom. The molecule has 0 aromatic heterocycles. The highest BCUT2D eigenvalue weighted by molar-refractivity contribution is 7.54. The summed E-state index contributed by atoms with van der Waals surface area (Å²) < 4.78 is 28.6. The van der Waals surface area contributed by atoms with Gasteiger partial charge in [0.25, 0.3) is 0 Å². The Kier molecular flexibility index (Phi) is 6.85. The van der Waals surface area contributed by atoms with E-state index in [2.05, 4.69) is 17.5 Å². The molecular formula is C17H26NO4P. The summed E-state index contributed by atoms with van der Waals surface area (Å²) in [5, 5.41) is 3.40. The quantitative estimate of drug-likeness (QED) is 0.570. The molecule has 0 saturated carbocycles. The third-order valence-electron chi connectivity index (χ3n) is 4.23. The van der Waals surface area contributed by atoms with Crippen LogP contribution in [0, 0.1) is 5.92 Å². The van der Waals surface area contributed by atoms with E-state index in [0.717, 1.165) is 37.1 Å². The predicted octanol–water partition coefficient (Wildman–Crippen LogP) is 4.13. The molecule has 128 valence electrons. The van der Waals surface area contributed by atoms with Crippen molar-refractivity contribution in [2.45, 2.75) is 25.0 Å². The number of hydrogen-bond acceptors (Lipinski definition) is 5. The molecule has 6 heteroatoms. The average Bonchev–Trinajstić information content (AvgIpc) is 2.63. The standard InChI is InChI=1S/C17H26NO4P/c1-20-16-11-9-15(10-12-16)17(23(19,21-2)22-3)18-13-14-7-5-4-6-8-14/h4-5,9-12,14,17-18H,6-8,13H2,1-3H3. The first kappa shape index (κ1) is 18.2. The van der Waals surface area contributed by atoms with E-state index in [4.69, 9.17) is 13.8 Å². The van der Waals surface area contributed by atoms with Crippen LogP contribution in [0.4, 0.5) is 0 Å². The van der Waals surface area contributed by atoms with Gasteiger partial charge in [0.15, 0.2) is 0 Å². The highest BCUT2D eigenvalue weighted by Crippen LogP contribution is 2.58. The molecule has 23 heavy (non-hydrogen) atoms. The van der Waals surface area contributed by atoms with E-state index in [-0.39, 0.29) is 0 Å². The Bertz CT molecular complexity index is 550. The molecule has 2 rings (SSSR count). The van der Waals surface area contributed by atoms with Gasteiger partial charge in [0.1, 0.15) is 11.5 Å². The van der Waals surface area contributed by atoms with Crippen LogP contribution in [-0.2, 0) is 13.6 Å². The van der Waals surface area contributed by atoms with Crippen molar-refractivity contribution in [2.75, 3.05) is 27.9 Å². The molecule has 2 atom stereocenters. The van der Waals surface area contributed by atoms with Crippen molar-refractivity contribution in [3.63, 3.8) is 0 Å². The highest BCUT2D eigenvalue weighted by atomic mass is 31.2. The molecule has 1 aliphatic carbocycles. The minimum atomic E-state index is -3.27. The smallest absolute Gasteiger partial charge is 0.351 e. The van der Waals surface area contributed by atoms with Crippen molar-refractivity contribution in [2.24, 2.45) is 5.92 Å². The Morgan fingerprint density at radius 3 is 2.39 bits per heavy atom. The molecule has 0 bridgehead atoms. The van der Waals surface area contributed by atoms with Gasteiger partial charge in [-0.1, -0.05) is 24.3 Å². The molecule has 0 heterocycles. The molecular weight excluding hydrogens is 313 g/mol. The van der Waals surface area contributed by atoms with Gasteiger partial charge in [-0.2, -0.15) is 0 Å². The topological polar surface area (TPSA) is 56.8 Å². The van der Waals surface area contributed by atoms with Gasteiger partial charge in [-0.25, -0.2) is 0 Å². The van der Waals surface area contributed by atoms with Crippen molar-refractivity contribution in [1.82, 2.24) is 5.32 Å². The van der Waals surface area contributed by atoms with Crippen molar-refractivity contribution in [1.29, 1.82) is 0 Å². The van der Waals surface area contributed by atoms with E-state index >= 15 is 0 Å². The van der Waals surface area contributed by atoms with Crippen molar-refractivity contribution in [3.8, 4) is 5.75 Å². The first-order chi connectivity index (χ1) is 11.1. The van der Waals surface area contributed by atoms with Crippen LogP contribution in [0.1, 0.15) is 30.6 Å². The molecule has 0 aliphatic heterocycles. The van der Waals surface area contributed by atoms with E-state index in [1.54, 1.807) is 7.11 Å². The lowest BCUT2D eigenvalue weighted by Gasteiger charge is -2.28. The van der Waals surface area contributed by atoms with Gasteiger partial charge in [-0.05, 0) is 49.4 Å². The molecule has 1 aliphatic rings. The molecule has 1 aromatic carbocycles. The second-order valence-electron chi connectivity index (χ2n) is 5.64. The summed E-state index contributed by atoms with van der Waals surface area (Å²) in [5.41, 5.74) is 0.865. The Morgan fingerprint density at radius 2 is 1.87 bits per heavy atom.